The molecule has 0 saturated carbocycles. The number of carbonyl (C=O) groups is 2. The van der Waals surface area contributed by atoms with Crippen LogP contribution in [0, 0.1) is 0 Å². The first kappa shape index (κ1) is 23.5. The molecular formula is C18H33N3O2. The second-order valence-electron chi connectivity index (χ2n) is 5.07. The van der Waals surface area contributed by atoms with E-state index in [1.54, 1.807) is 6.20 Å². The molecule has 1 heterocycles. The fourth-order valence-corrected chi connectivity index (χ4v) is 1.60. The second-order valence-corrected chi connectivity index (χ2v) is 5.07. The van der Waals surface area contributed by atoms with E-state index in [1.165, 1.54) is 13.3 Å². The van der Waals surface area contributed by atoms with Crippen LogP contribution in [0.3, 0.4) is 0 Å². The lowest BCUT2D eigenvalue weighted by molar-refractivity contribution is -0.128. The molecule has 0 bridgehead atoms. The Balaban J connectivity index is 0. The SMILES string of the molecule is CC.CCC.CCC(C)(NCC(=O)NC(C)=O)c1ccccn1. The molecule has 132 valence electrons. The Morgan fingerprint density at radius 1 is 1.17 bits per heavy atom. The maximum absolute atomic E-state index is 11.4. The van der Waals surface area contributed by atoms with E-state index < -0.39 is 0 Å². The van der Waals surface area contributed by atoms with Crippen molar-refractivity contribution in [3.63, 3.8) is 0 Å². The Kier molecular flexibility index (Phi) is 14.2. The van der Waals surface area contributed by atoms with Crippen molar-refractivity contribution in [3.05, 3.63) is 30.1 Å². The summed E-state index contributed by atoms with van der Waals surface area (Å²) >= 11 is 0. The minimum atomic E-state index is -0.380. The van der Waals surface area contributed by atoms with Crippen molar-refractivity contribution < 1.29 is 9.59 Å². The van der Waals surface area contributed by atoms with E-state index in [-0.39, 0.29) is 23.9 Å². The monoisotopic (exact) mass is 323 g/mol. The van der Waals surface area contributed by atoms with Gasteiger partial charge in [0.05, 0.1) is 17.8 Å². The molecule has 0 spiro atoms. The molecule has 1 unspecified atom stereocenters. The number of nitrogens with zero attached hydrogens (tertiary/aromatic N) is 1. The van der Waals surface area contributed by atoms with Crippen LogP contribution >= 0.6 is 0 Å². The van der Waals surface area contributed by atoms with Gasteiger partial charge in [0, 0.05) is 13.1 Å². The third kappa shape index (κ3) is 10.6. The number of imide groups is 1. The van der Waals surface area contributed by atoms with E-state index in [4.69, 9.17) is 0 Å². The molecule has 5 heteroatoms. The number of nitrogens with one attached hydrogen (secondary N) is 2. The molecule has 0 saturated heterocycles. The van der Waals surface area contributed by atoms with Crippen molar-refractivity contribution in [1.29, 1.82) is 0 Å². The molecule has 0 aliphatic heterocycles. The molecule has 2 N–H and O–H groups in total. The summed E-state index contributed by atoms with van der Waals surface area (Å²) in [5.74, 6) is -0.684. The molecule has 1 aromatic rings. The molecule has 1 rings (SSSR count). The number of hydrogen-bond donors (Lipinski definition) is 2. The molecule has 1 aromatic heterocycles. The molecule has 2 amide bonds. The first-order valence-corrected chi connectivity index (χ1v) is 8.36. The van der Waals surface area contributed by atoms with Crippen LogP contribution in [-0.4, -0.2) is 23.3 Å². The van der Waals surface area contributed by atoms with Gasteiger partial charge < -0.3 is 0 Å². The number of pyridine rings is 1. The largest absolute Gasteiger partial charge is 0.298 e. The average molecular weight is 323 g/mol. The maximum Gasteiger partial charge on any atom is 0.240 e. The zero-order chi connectivity index (χ0) is 18.3. The van der Waals surface area contributed by atoms with Crippen molar-refractivity contribution in [1.82, 2.24) is 15.6 Å². The van der Waals surface area contributed by atoms with Crippen molar-refractivity contribution in [3.8, 4) is 0 Å². The van der Waals surface area contributed by atoms with E-state index in [9.17, 15) is 9.59 Å². The summed E-state index contributed by atoms with van der Waals surface area (Å²) < 4.78 is 0. The zero-order valence-electron chi connectivity index (χ0n) is 15.7. The quantitative estimate of drug-likeness (QED) is 0.871. The van der Waals surface area contributed by atoms with Gasteiger partial charge in [-0.25, -0.2) is 0 Å². The van der Waals surface area contributed by atoms with Crippen LogP contribution < -0.4 is 10.6 Å². The van der Waals surface area contributed by atoms with Crippen LogP contribution in [0.15, 0.2) is 24.4 Å². The predicted octanol–water partition coefficient (Wildman–Crippen LogP) is 3.40. The minimum Gasteiger partial charge on any atom is -0.298 e. The average Bonchev–Trinajstić information content (AvgIpc) is 2.55. The summed E-state index contributed by atoms with van der Waals surface area (Å²) in [6.07, 6.45) is 3.76. The highest BCUT2D eigenvalue weighted by Crippen LogP contribution is 2.21. The van der Waals surface area contributed by atoms with Crippen LogP contribution in [0.25, 0.3) is 0 Å². The van der Waals surface area contributed by atoms with E-state index >= 15 is 0 Å². The molecule has 0 aromatic carbocycles. The van der Waals surface area contributed by atoms with E-state index in [2.05, 4.69) is 29.5 Å². The van der Waals surface area contributed by atoms with Crippen molar-refractivity contribution >= 4 is 11.8 Å². The van der Waals surface area contributed by atoms with Crippen LogP contribution in [0.2, 0.25) is 0 Å². The first-order chi connectivity index (χ1) is 10.9. The molecule has 0 radical (unpaired) electrons. The van der Waals surface area contributed by atoms with Gasteiger partial charge >= 0.3 is 0 Å². The number of carbonyl (C=O) groups excluding carboxylic acids is 2. The van der Waals surface area contributed by atoms with Gasteiger partial charge in [-0.2, -0.15) is 0 Å². The standard InChI is InChI=1S/C13H19N3O2.C3H8.C2H6/c1-4-13(3,11-7-5-6-8-14-11)15-9-12(18)16-10(2)17;1-3-2;1-2/h5-8,15H,4,9H2,1-3H3,(H,16,17,18);3H2,1-2H3;1-2H3. The maximum atomic E-state index is 11.4. The highest BCUT2D eigenvalue weighted by Gasteiger charge is 2.25. The third-order valence-electron chi connectivity index (χ3n) is 2.89. The van der Waals surface area contributed by atoms with Crippen molar-refractivity contribution in [2.75, 3.05) is 6.54 Å². The lowest BCUT2D eigenvalue weighted by Crippen LogP contribution is -2.46. The van der Waals surface area contributed by atoms with E-state index in [1.807, 2.05) is 45.9 Å². The van der Waals surface area contributed by atoms with Gasteiger partial charge in [0.1, 0.15) is 0 Å². The minimum absolute atomic E-state index is 0.0838. The van der Waals surface area contributed by atoms with Gasteiger partial charge in [-0.15, -0.1) is 0 Å². The molecule has 23 heavy (non-hydrogen) atoms. The summed E-state index contributed by atoms with van der Waals surface area (Å²) in [5.41, 5.74) is 0.498. The molecular weight excluding hydrogens is 290 g/mol. The fourth-order valence-electron chi connectivity index (χ4n) is 1.60. The molecule has 0 fully saturated rings. The first-order valence-electron chi connectivity index (χ1n) is 8.36. The summed E-state index contributed by atoms with van der Waals surface area (Å²) in [6, 6.07) is 5.68. The van der Waals surface area contributed by atoms with Crippen LogP contribution in [0.5, 0.6) is 0 Å². The Labute approximate surface area is 141 Å². The van der Waals surface area contributed by atoms with Gasteiger partial charge in [-0.3, -0.25) is 25.2 Å². The van der Waals surface area contributed by atoms with Gasteiger partial charge in [-0.1, -0.05) is 47.1 Å². The number of amides is 2. The topological polar surface area (TPSA) is 71.1 Å². The zero-order valence-corrected chi connectivity index (χ0v) is 15.7. The number of aromatic nitrogens is 1. The number of hydrogen-bond acceptors (Lipinski definition) is 4. The van der Waals surface area contributed by atoms with Crippen LogP contribution in [-0.2, 0) is 15.1 Å². The Bertz CT molecular complexity index is 435. The van der Waals surface area contributed by atoms with E-state index in [0.717, 1.165) is 12.1 Å². The lowest BCUT2D eigenvalue weighted by Gasteiger charge is -2.28. The Hall–Kier alpha value is -1.75. The summed E-state index contributed by atoms with van der Waals surface area (Å²) in [4.78, 5) is 26.5. The second kappa shape index (κ2) is 13.9. The highest BCUT2D eigenvalue weighted by molar-refractivity contribution is 5.94. The molecule has 0 aliphatic rings. The van der Waals surface area contributed by atoms with E-state index in [0.29, 0.717) is 0 Å². The van der Waals surface area contributed by atoms with Crippen LogP contribution in [0.1, 0.15) is 67.0 Å². The van der Waals surface area contributed by atoms with Crippen molar-refractivity contribution in [2.45, 2.75) is 66.8 Å². The predicted molar refractivity (Wildman–Crippen MR) is 96.0 cm³/mol. The molecule has 0 aliphatic carbocycles. The van der Waals surface area contributed by atoms with Crippen molar-refractivity contribution in [2.24, 2.45) is 0 Å². The normalized spacial score (nSPS) is 11.8. The third-order valence-corrected chi connectivity index (χ3v) is 2.89. The fraction of sp³-hybridized carbons (Fsp3) is 0.611. The van der Waals surface area contributed by atoms with Gasteiger partial charge in [0.15, 0.2) is 0 Å². The Morgan fingerprint density at radius 2 is 1.74 bits per heavy atom. The van der Waals surface area contributed by atoms with Gasteiger partial charge in [-0.05, 0) is 25.5 Å². The summed E-state index contributed by atoms with van der Waals surface area (Å²) in [7, 11) is 0. The number of rotatable bonds is 5. The molecule has 1 atom stereocenters. The van der Waals surface area contributed by atoms with Crippen LogP contribution in [0.4, 0.5) is 0 Å². The summed E-state index contributed by atoms with van der Waals surface area (Å²) in [5, 5.41) is 5.37. The summed E-state index contributed by atoms with van der Waals surface area (Å²) in [6.45, 7) is 13.6. The smallest absolute Gasteiger partial charge is 0.240 e. The molecule has 5 nitrogen and oxygen atoms in total. The Morgan fingerprint density at radius 3 is 2.13 bits per heavy atom. The van der Waals surface area contributed by atoms with Gasteiger partial charge in [0.2, 0.25) is 11.8 Å². The lowest BCUT2D eigenvalue weighted by atomic mass is 9.94. The highest BCUT2D eigenvalue weighted by atomic mass is 16.2. The van der Waals surface area contributed by atoms with Gasteiger partial charge in [0.25, 0.3) is 0 Å².